The Morgan fingerprint density at radius 2 is 1.57 bits per heavy atom. The first-order valence-corrected chi connectivity index (χ1v) is 9.75. The highest BCUT2D eigenvalue weighted by Crippen LogP contribution is 2.37. The summed E-state index contributed by atoms with van der Waals surface area (Å²) in [6.07, 6.45) is 2.85. The van der Waals surface area contributed by atoms with Crippen LogP contribution in [-0.4, -0.2) is 31.3 Å². The van der Waals surface area contributed by atoms with Crippen LogP contribution in [-0.2, 0) is 14.3 Å². The number of rotatable bonds is 8. The first kappa shape index (κ1) is 21.6. The lowest BCUT2D eigenvalue weighted by Crippen LogP contribution is -2.24. The molecule has 0 aromatic heterocycles. The average Bonchev–Trinajstić information content (AvgIpc) is 2.72. The van der Waals surface area contributed by atoms with Gasteiger partial charge in [-0.1, -0.05) is 43.2 Å². The van der Waals surface area contributed by atoms with Crippen molar-refractivity contribution in [3.05, 3.63) is 58.2 Å². The maximum atomic E-state index is 13.0. The summed E-state index contributed by atoms with van der Waals surface area (Å²) in [5.41, 5.74) is 3.33. The molecule has 5 heteroatoms. The van der Waals surface area contributed by atoms with Gasteiger partial charge >= 0.3 is 6.09 Å². The van der Waals surface area contributed by atoms with Crippen molar-refractivity contribution in [1.82, 2.24) is 5.32 Å². The molecule has 0 aliphatic heterocycles. The highest BCUT2D eigenvalue weighted by molar-refractivity contribution is 6.25. The van der Waals surface area contributed by atoms with Crippen molar-refractivity contribution >= 4 is 17.7 Å². The van der Waals surface area contributed by atoms with Crippen molar-refractivity contribution in [2.24, 2.45) is 0 Å². The molecular weight excluding hydrogens is 354 g/mol. The van der Waals surface area contributed by atoms with Crippen LogP contribution >= 0.6 is 0 Å². The van der Waals surface area contributed by atoms with Gasteiger partial charge in [0.05, 0.1) is 6.61 Å². The molecule has 1 aromatic rings. The van der Waals surface area contributed by atoms with Crippen molar-refractivity contribution < 1.29 is 19.1 Å². The number of alkyl carbamates (subject to hydrolysis) is 1. The fourth-order valence-electron chi connectivity index (χ4n) is 3.56. The van der Waals surface area contributed by atoms with Gasteiger partial charge in [-0.2, -0.15) is 0 Å². The Bertz CT molecular complexity index is 805. The molecule has 150 valence electrons. The van der Waals surface area contributed by atoms with Gasteiger partial charge in [0.2, 0.25) is 0 Å². The van der Waals surface area contributed by atoms with Gasteiger partial charge in [0, 0.05) is 35.3 Å². The smallest absolute Gasteiger partial charge is 0.406 e. The molecule has 1 aliphatic carbocycles. The number of Topliss-reactive ketones (excluding diaryl/α,β-unsaturated/α-hetero) is 2. The van der Waals surface area contributed by atoms with Crippen LogP contribution in [0.3, 0.4) is 0 Å². The summed E-state index contributed by atoms with van der Waals surface area (Å²) < 4.78 is 5.01. The first-order valence-electron chi connectivity index (χ1n) is 9.75. The predicted molar refractivity (Wildman–Crippen MR) is 109 cm³/mol. The van der Waals surface area contributed by atoms with Crippen molar-refractivity contribution in [2.75, 3.05) is 13.7 Å². The minimum Gasteiger partial charge on any atom is -0.450 e. The first-order chi connectivity index (χ1) is 13.4. The number of benzene rings is 1. The molecule has 0 saturated carbocycles. The third kappa shape index (κ3) is 4.97. The van der Waals surface area contributed by atoms with Crippen LogP contribution in [0.1, 0.15) is 57.9 Å². The van der Waals surface area contributed by atoms with Gasteiger partial charge in [-0.25, -0.2) is 4.79 Å². The monoisotopic (exact) mass is 383 g/mol. The number of allylic oxidation sites excluding steroid dienone is 4. The lowest BCUT2D eigenvalue weighted by atomic mass is 9.76. The largest absolute Gasteiger partial charge is 0.450 e. The lowest BCUT2D eigenvalue weighted by molar-refractivity contribution is -0.116. The van der Waals surface area contributed by atoms with Gasteiger partial charge in [0.15, 0.2) is 11.6 Å². The van der Waals surface area contributed by atoms with Crippen LogP contribution in [0.2, 0.25) is 0 Å². The second-order valence-electron chi connectivity index (χ2n) is 7.15. The van der Waals surface area contributed by atoms with E-state index in [2.05, 4.69) is 5.32 Å². The van der Waals surface area contributed by atoms with Gasteiger partial charge in [-0.05, 0) is 39.2 Å². The molecule has 0 bridgehead atoms. The Kier molecular flexibility index (Phi) is 7.73. The van der Waals surface area contributed by atoms with E-state index in [1.165, 1.54) is 7.05 Å². The lowest BCUT2D eigenvalue weighted by Gasteiger charge is -2.26. The summed E-state index contributed by atoms with van der Waals surface area (Å²) in [5.74, 6) is -0.168. The molecule has 0 heterocycles. The van der Waals surface area contributed by atoms with E-state index in [-0.39, 0.29) is 17.5 Å². The van der Waals surface area contributed by atoms with Gasteiger partial charge in [0.1, 0.15) is 0 Å². The van der Waals surface area contributed by atoms with E-state index in [9.17, 15) is 14.4 Å². The van der Waals surface area contributed by atoms with Crippen molar-refractivity contribution in [3.8, 4) is 0 Å². The van der Waals surface area contributed by atoms with Crippen molar-refractivity contribution in [3.63, 3.8) is 0 Å². The second kappa shape index (κ2) is 10.0. The number of unbranched alkanes of at least 4 members (excludes halogenated alkanes) is 2. The molecule has 1 N–H and O–H groups in total. The molecular formula is C23H29NO4. The molecule has 1 amide bonds. The molecule has 0 saturated heterocycles. The molecule has 0 spiro atoms. The van der Waals surface area contributed by atoms with E-state index in [1.54, 1.807) is 20.8 Å². The van der Waals surface area contributed by atoms with E-state index < -0.39 is 6.09 Å². The van der Waals surface area contributed by atoms with E-state index in [1.807, 2.05) is 30.3 Å². The van der Waals surface area contributed by atoms with E-state index in [0.717, 1.165) is 31.2 Å². The summed E-state index contributed by atoms with van der Waals surface area (Å²) in [7, 11) is 1.53. The van der Waals surface area contributed by atoms with Crippen LogP contribution in [0.25, 0.3) is 0 Å². The van der Waals surface area contributed by atoms with Crippen molar-refractivity contribution in [2.45, 2.75) is 52.4 Å². The fraction of sp³-hybridized carbons (Fsp3) is 0.435. The summed E-state index contributed by atoms with van der Waals surface area (Å²) >= 11 is 0. The minimum absolute atomic E-state index is 0.0218. The predicted octanol–water partition coefficient (Wildman–Crippen LogP) is 4.49. The number of hydrogen-bond donors (Lipinski definition) is 1. The molecule has 28 heavy (non-hydrogen) atoms. The number of ketones is 2. The SMILES string of the molecule is CNC(=O)OCCCCCC(C1=C(C)C(=O)C(C)=C(C)C1=O)c1ccccc1. The third-order valence-electron chi connectivity index (χ3n) is 5.36. The highest BCUT2D eigenvalue weighted by Gasteiger charge is 2.33. The number of amides is 1. The maximum Gasteiger partial charge on any atom is 0.406 e. The zero-order valence-electron chi connectivity index (χ0n) is 17.1. The summed E-state index contributed by atoms with van der Waals surface area (Å²) in [4.78, 5) is 36.7. The summed E-state index contributed by atoms with van der Waals surface area (Å²) in [5, 5.41) is 2.42. The Hall–Kier alpha value is -2.69. The van der Waals surface area contributed by atoms with Crippen LogP contribution < -0.4 is 5.32 Å². The molecule has 5 nitrogen and oxygen atoms in total. The van der Waals surface area contributed by atoms with E-state index in [4.69, 9.17) is 4.74 Å². The van der Waals surface area contributed by atoms with Crippen LogP contribution in [0.15, 0.2) is 52.6 Å². The topological polar surface area (TPSA) is 72.5 Å². The van der Waals surface area contributed by atoms with Gasteiger partial charge in [0.25, 0.3) is 0 Å². The van der Waals surface area contributed by atoms with Crippen LogP contribution in [0, 0.1) is 0 Å². The number of ether oxygens (including phenoxy) is 1. The van der Waals surface area contributed by atoms with Gasteiger partial charge in [-0.3, -0.25) is 9.59 Å². The summed E-state index contributed by atoms with van der Waals surface area (Å²) in [6.45, 7) is 5.59. The zero-order chi connectivity index (χ0) is 20.7. The molecule has 1 aromatic carbocycles. The van der Waals surface area contributed by atoms with E-state index in [0.29, 0.717) is 28.9 Å². The van der Waals surface area contributed by atoms with Crippen LogP contribution in [0.5, 0.6) is 0 Å². The number of hydrogen-bond acceptors (Lipinski definition) is 4. The molecule has 0 fully saturated rings. The number of carbonyl (C=O) groups is 3. The van der Waals surface area contributed by atoms with Crippen molar-refractivity contribution in [1.29, 1.82) is 0 Å². The number of nitrogens with one attached hydrogen (secondary N) is 1. The standard InChI is InChI=1S/C23H29NO4/c1-15-16(2)22(26)20(17(3)21(15)25)19(18-11-7-5-8-12-18)13-9-6-10-14-28-23(27)24-4/h5,7-8,11-12,19H,6,9-10,13-14H2,1-4H3,(H,24,27). The Labute approximate surface area is 166 Å². The average molecular weight is 383 g/mol. The third-order valence-corrected chi connectivity index (χ3v) is 5.36. The molecule has 2 rings (SSSR count). The molecule has 0 radical (unpaired) electrons. The Morgan fingerprint density at radius 1 is 0.929 bits per heavy atom. The second-order valence-corrected chi connectivity index (χ2v) is 7.15. The maximum absolute atomic E-state index is 13.0. The summed E-state index contributed by atoms with van der Waals surface area (Å²) in [6, 6.07) is 9.88. The zero-order valence-corrected chi connectivity index (χ0v) is 17.1. The molecule has 1 aliphatic rings. The normalized spacial score (nSPS) is 15.7. The highest BCUT2D eigenvalue weighted by atomic mass is 16.5. The van der Waals surface area contributed by atoms with Gasteiger partial charge < -0.3 is 10.1 Å². The number of carbonyl (C=O) groups excluding carboxylic acids is 3. The van der Waals surface area contributed by atoms with Crippen LogP contribution in [0.4, 0.5) is 4.79 Å². The fourth-order valence-corrected chi connectivity index (χ4v) is 3.56. The Morgan fingerprint density at radius 3 is 2.21 bits per heavy atom. The molecule has 1 unspecified atom stereocenters. The molecule has 1 atom stereocenters. The quantitative estimate of drug-likeness (QED) is 0.530. The van der Waals surface area contributed by atoms with E-state index >= 15 is 0 Å². The van der Waals surface area contributed by atoms with Gasteiger partial charge in [-0.15, -0.1) is 0 Å². The minimum atomic E-state index is -0.424. The Balaban J connectivity index is 2.15.